The van der Waals surface area contributed by atoms with E-state index in [1.165, 1.54) is 20.0 Å². The highest BCUT2D eigenvalue weighted by molar-refractivity contribution is 7.58. The van der Waals surface area contributed by atoms with Crippen LogP contribution in [0.1, 0.15) is 25.7 Å². The van der Waals surface area contributed by atoms with Crippen LogP contribution >= 0.6 is 7.37 Å². The van der Waals surface area contributed by atoms with Gasteiger partial charge < -0.3 is 9.63 Å². The fourth-order valence-electron chi connectivity index (χ4n) is 1.91. The zero-order chi connectivity index (χ0) is 9.90. The molecule has 0 saturated heterocycles. The molecule has 0 aromatic heterocycles. The van der Waals surface area contributed by atoms with E-state index in [9.17, 15) is 9.67 Å². The zero-order valence-electron chi connectivity index (χ0n) is 8.40. The van der Waals surface area contributed by atoms with Gasteiger partial charge in [-0.1, -0.05) is 12.8 Å². The molecule has 1 aliphatic carbocycles. The Hall–Kier alpha value is 0.150. The van der Waals surface area contributed by atoms with Gasteiger partial charge in [0, 0.05) is 13.8 Å². The highest BCUT2D eigenvalue weighted by Gasteiger charge is 2.28. The van der Waals surface area contributed by atoms with Crippen LogP contribution in [0, 0.1) is 5.92 Å². The molecule has 1 saturated carbocycles. The Kier molecular flexibility index (Phi) is 3.96. The minimum atomic E-state index is -2.53. The normalized spacial score (nSPS) is 25.8. The molecule has 1 N–H and O–H groups in total. The Labute approximate surface area is 79.9 Å². The molecule has 0 bridgehead atoms. The maximum atomic E-state index is 11.6. The average molecular weight is 206 g/mol. The van der Waals surface area contributed by atoms with Gasteiger partial charge in [-0.2, -0.15) is 0 Å². The van der Waals surface area contributed by atoms with Crippen molar-refractivity contribution >= 4 is 7.37 Å². The van der Waals surface area contributed by atoms with Gasteiger partial charge in [-0.15, -0.1) is 0 Å². The van der Waals surface area contributed by atoms with Crippen molar-refractivity contribution in [2.24, 2.45) is 5.92 Å². The van der Waals surface area contributed by atoms with Crippen molar-refractivity contribution in [1.82, 2.24) is 0 Å². The van der Waals surface area contributed by atoms with E-state index in [0.29, 0.717) is 12.1 Å². The number of aliphatic hydroxyl groups is 1. The van der Waals surface area contributed by atoms with Crippen molar-refractivity contribution in [2.75, 3.05) is 19.9 Å². The summed E-state index contributed by atoms with van der Waals surface area (Å²) in [4.78, 5) is 0. The van der Waals surface area contributed by atoms with Gasteiger partial charge in [0.15, 0.2) is 0 Å². The van der Waals surface area contributed by atoms with Crippen LogP contribution in [0.5, 0.6) is 0 Å². The number of hydrogen-bond acceptors (Lipinski definition) is 3. The lowest BCUT2D eigenvalue weighted by Crippen LogP contribution is -2.22. The summed E-state index contributed by atoms with van der Waals surface area (Å²) >= 11 is 0. The Morgan fingerprint density at radius 1 is 1.54 bits per heavy atom. The summed E-state index contributed by atoms with van der Waals surface area (Å²) in [7, 11) is -1.09. The lowest BCUT2D eigenvalue weighted by Gasteiger charge is -2.20. The zero-order valence-corrected chi connectivity index (χ0v) is 9.30. The van der Waals surface area contributed by atoms with Crippen LogP contribution in [-0.4, -0.2) is 31.1 Å². The van der Waals surface area contributed by atoms with E-state index >= 15 is 0 Å². The molecular formula is C9H19O3P. The van der Waals surface area contributed by atoms with Crippen LogP contribution in [0.2, 0.25) is 0 Å². The molecule has 13 heavy (non-hydrogen) atoms. The van der Waals surface area contributed by atoms with Crippen molar-refractivity contribution in [3.8, 4) is 0 Å². The van der Waals surface area contributed by atoms with E-state index in [1.54, 1.807) is 6.66 Å². The van der Waals surface area contributed by atoms with Crippen LogP contribution in [-0.2, 0) is 9.09 Å². The molecule has 0 heterocycles. The molecular weight excluding hydrogens is 187 g/mol. The Balaban J connectivity index is 2.39. The Bertz CT molecular complexity index is 199. The summed E-state index contributed by atoms with van der Waals surface area (Å²) in [6, 6.07) is 0. The van der Waals surface area contributed by atoms with Crippen LogP contribution in [0.25, 0.3) is 0 Å². The third-order valence-corrected chi connectivity index (χ3v) is 4.66. The van der Waals surface area contributed by atoms with Crippen LogP contribution < -0.4 is 0 Å². The van der Waals surface area contributed by atoms with Crippen molar-refractivity contribution in [3.05, 3.63) is 0 Å². The monoisotopic (exact) mass is 206 g/mol. The molecule has 2 atom stereocenters. The van der Waals surface area contributed by atoms with Crippen molar-refractivity contribution in [2.45, 2.75) is 31.8 Å². The van der Waals surface area contributed by atoms with Crippen molar-refractivity contribution in [3.63, 3.8) is 0 Å². The minimum absolute atomic E-state index is 0.314. The quantitative estimate of drug-likeness (QED) is 0.716. The third kappa shape index (κ3) is 3.41. The Morgan fingerprint density at radius 3 is 2.54 bits per heavy atom. The Morgan fingerprint density at radius 2 is 2.08 bits per heavy atom. The first-order valence-corrected chi connectivity index (χ1v) is 7.11. The summed E-state index contributed by atoms with van der Waals surface area (Å²) < 4.78 is 16.4. The van der Waals surface area contributed by atoms with Gasteiger partial charge in [-0.3, -0.25) is 4.57 Å². The molecule has 0 aromatic rings. The highest BCUT2D eigenvalue weighted by Crippen LogP contribution is 2.44. The summed E-state index contributed by atoms with van der Waals surface area (Å²) in [5, 5.41) is 9.76. The van der Waals surface area contributed by atoms with Crippen molar-refractivity contribution in [1.29, 1.82) is 0 Å². The number of rotatable bonds is 4. The van der Waals surface area contributed by atoms with Gasteiger partial charge in [-0.25, -0.2) is 0 Å². The summed E-state index contributed by atoms with van der Waals surface area (Å²) in [6.07, 6.45) is 4.42. The molecule has 1 rings (SSSR count). The van der Waals surface area contributed by atoms with E-state index < -0.39 is 13.5 Å². The molecule has 1 unspecified atom stereocenters. The first kappa shape index (κ1) is 11.2. The second-order valence-corrected chi connectivity index (χ2v) is 6.75. The smallest absolute Gasteiger partial charge is 0.202 e. The van der Waals surface area contributed by atoms with E-state index in [1.807, 2.05) is 0 Å². The summed E-state index contributed by atoms with van der Waals surface area (Å²) in [5.41, 5.74) is 0. The van der Waals surface area contributed by atoms with Gasteiger partial charge in [0.2, 0.25) is 7.37 Å². The van der Waals surface area contributed by atoms with Crippen LogP contribution in [0.3, 0.4) is 0 Å². The molecule has 0 amide bonds. The lowest BCUT2D eigenvalue weighted by molar-refractivity contribution is 0.128. The number of aliphatic hydroxyl groups excluding tert-OH is 1. The van der Waals surface area contributed by atoms with E-state index in [-0.39, 0.29) is 0 Å². The molecule has 4 heteroatoms. The highest BCUT2D eigenvalue weighted by atomic mass is 31.2. The molecule has 1 fully saturated rings. The van der Waals surface area contributed by atoms with Gasteiger partial charge in [0.25, 0.3) is 0 Å². The predicted molar refractivity (Wildman–Crippen MR) is 53.4 cm³/mol. The second kappa shape index (κ2) is 4.59. The topological polar surface area (TPSA) is 46.5 Å². The maximum absolute atomic E-state index is 11.6. The first-order chi connectivity index (χ1) is 6.05. The minimum Gasteiger partial charge on any atom is -0.392 e. The lowest BCUT2D eigenvalue weighted by atomic mass is 10.0. The van der Waals surface area contributed by atoms with E-state index in [0.717, 1.165) is 12.8 Å². The molecule has 0 spiro atoms. The summed E-state index contributed by atoms with van der Waals surface area (Å²) in [5.74, 6) is 0.350. The second-order valence-electron chi connectivity index (χ2n) is 3.99. The molecule has 78 valence electrons. The summed E-state index contributed by atoms with van der Waals surface area (Å²) in [6.45, 7) is 1.59. The van der Waals surface area contributed by atoms with Gasteiger partial charge in [0.05, 0.1) is 12.3 Å². The van der Waals surface area contributed by atoms with E-state index in [4.69, 9.17) is 4.52 Å². The molecule has 3 nitrogen and oxygen atoms in total. The number of hydrogen-bond donors (Lipinski definition) is 1. The molecule has 0 aromatic carbocycles. The SMILES string of the molecule is COP(C)(=O)C[C@@H](O)C1CCCC1. The fraction of sp³-hybridized carbons (Fsp3) is 1.00. The largest absolute Gasteiger partial charge is 0.392 e. The molecule has 0 aliphatic heterocycles. The predicted octanol–water partition coefficient (Wildman–Crippen LogP) is 2.09. The fourth-order valence-corrected chi connectivity index (χ4v) is 3.03. The van der Waals surface area contributed by atoms with E-state index in [2.05, 4.69) is 0 Å². The van der Waals surface area contributed by atoms with Gasteiger partial charge >= 0.3 is 0 Å². The van der Waals surface area contributed by atoms with Gasteiger partial charge in [0.1, 0.15) is 0 Å². The third-order valence-electron chi connectivity index (χ3n) is 2.85. The molecule has 0 radical (unpaired) electrons. The van der Waals surface area contributed by atoms with Crippen LogP contribution in [0.4, 0.5) is 0 Å². The maximum Gasteiger partial charge on any atom is 0.202 e. The van der Waals surface area contributed by atoms with Crippen LogP contribution in [0.15, 0.2) is 0 Å². The first-order valence-electron chi connectivity index (χ1n) is 4.85. The standard InChI is InChI=1S/C9H19O3P/c1-12-13(2,11)7-9(10)8-5-3-4-6-8/h8-10H,3-7H2,1-2H3/t9-,13?/m1/s1. The average Bonchev–Trinajstić information content (AvgIpc) is 2.55. The van der Waals surface area contributed by atoms with Crippen molar-refractivity contribution < 1.29 is 14.2 Å². The van der Waals surface area contributed by atoms with Gasteiger partial charge in [-0.05, 0) is 18.8 Å². The molecule has 1 aliphatic rings.